The molecule has 0 unspecified atom stereocenters. The summed E-state index contributed by atoms with van der Waals surface area (Å²) >= 11 is 0. The molecule has 1 amide bonds. The number of carbonyl (C=O) groups is 2. The second kappa shape index (κ2) is 8.67. The van der Waals surface area contributed by atoms with Crippen LogP contribution in [-0.2, 0) is 16.1 Å². The van der Waals surface area contributed by atoms with Crippen molar-refractivity contribution in [2.45, 2.75) is 6.61 Å². The zero-order valence-corrected chi connectivity index (χ0v) is 14.6. The van der Waals surface area contributed by atoms with Gasteiger partial charge in [-0.3, -0.25) is 4.79 Å². The number of ether oxygens (including phenoxy) is 2. The van der Waals surface area contributed by atoms with E-state index in [9.17, 15) is 9.59 Å². The predicted molar refractivity (Wildman–Crippen MR) is 102 cm³/mol. The molecule has 5 nitrogen and oxygen atoms in total. The number of hydrogen-bond acceptors (Lipinski definition) is 4. The first-order valence-electron chi connectivity index (χ1n) is 8.45. The van der Waals surface area contributed by atoms with Crippen molar-refractivity contribution in [3.05, 3.63) is 90.0 Å². The highest BCUT2D eigenvalue weighted by Gasteiger charge is 2.12. The third-order valence-corrected chi connectivity index (χ3v) is 3.94. The molecule has 0 spiro atoms. The van der Waals surface area contributed by atoms with Gasteiger partial charge in [-0.15, -0.1) is 0 Å². The standard InChI is InChI=1S/C22H19NO4/c23-22(25)19-12-11-18(13-20(19)17-9-5-2-6-10-17)26-15-21(24)27-14-16-7-3-1-4-8-16/h1-13H,14-15H2,(H2,23,25). The van der Waals surface area contributed by atoms with Crippen LogP contribution in [0.15, 0.2) is 78.9 Å². The molecule has 0 saturated heterocycles. The molecule has 0 radical (unpaired) electrons. The molecule has 0 atom stereocenters. The van der Waals surface area contributed by atoms with Gasteiger partial charge in [0.25, 0.3) is 0 Å². The second-order valence-electron chi connectivity index (χ2n) is 5.87. The first kappa shape index (κ1) is 18.2. The summed E-state index contributed by atoms with van der Waals surface area (Å²) in [5.74, 6) is -0.544. The monoisotopic (exact) mass is 361 g/mol. The molecule has 3 aromatic rings. The summed E-state index contributed by atoms with van der Waals surface area (Å²) < 4.78 is 10.7. The van der Waals surface area contributed by atoms with E-state index >= 15 is 0 Å². The smallest absolute Gasteiger partial charge is 0.344 e. The molecule has 0 fully saturated rings. The largest absolute Gasteiger partial charge is 0.482 e. The fraction of sp³-hybridized carbons (Fsp3) is 0.0909. The summed E-state index contributed by atoms with van der Waals surface area (Å²) in [5, 5.41) is 0. The van der Waals surface area contributed by atoms with E-state index in [1.54, 1.807) is 18.2 Å². The summed E-state index contributed by atoms with van der Waals surface area (Å²) in [7, 11) is 0. The van der Waals surface area contributed by atoms with Gasteiger partial charge in [-0.25, -0.2) is 4.79 Å². The van der Waals surface area contributed by atoms with E-state index in [0.29, 0.717) is 16.9 Å². The molecule has 5 heteroatoms. The summed E-state index contributed by atoms with van der Waals surface area (Å²) in [6.07, 6.45) is 0. The van der Waals surface area contributed by atoms with Crippen molar-refractivity contribution in [1.82, 2.24) is 0 Å². The maximum absolute atomic E-state index is 11.9. The van der Waals surface area contributed by atoms with Crippen molar-refractivity contribution in [3.63, 3.8) is 0 Å². The van der Waals surface area contributed by atoms with E-state index < -0.39 is 11.9 Å². The normalized spacial score (nSPS) is 10.2. The first-order chi connectivity index (χ1) is 13.1. The Balaban J connectivity index is 1.66. The lowest BCUT2D eigenvalue weighted by Gasteiger charge is -2.11. The molecule has 3 rings (SSSR count). The number of benzene rings is 3. The number of carbonyl (C=O) groups excluding carboxylic acids is 2. The minimum absolute atomic E-state index is 0.193. The SMILES string of the molecule is NC(=O)c1ccc(OCC(=O)OCc2ccccc2)cc1-c1ccccc1. The second-order valence-corrected chi connectivity index (χ2v) is 5.87. The minimum Gasteiger partial charge on any atom is -0.482 e. The lowest BCUT2D eigenvalue weighted by Crippen LogP contribution is -2.15. The number of amides is 1. The Morgan fingerprint density at radius 1 is 0.852 bits per heavy atom. The van der Waals surface area contributed by atoms with Crippen LogP contribution in [0.3, 0.4) is 0 Å². The van der Waals surface area contributed by atoms with E-state index in [4.69, 9.17) is 15.2 Å². The molecule has 0 aliphatic heterocycles. The molecule has 27 heavy (non-hydrogen) atoms. The van der Waals surface area contributed by atoms with E-state index in [0.717, 1.165) is 11.1 Å². The Morgan fingerprint density at radius 2 is 1.52 bits per heavy atom. The van der Waals surface area contributed by atoms with Gasteiger partial charge < -0.3 is 15.2 Å². The number of primary amides is 1. The van der Waals surface area contributed by atoms with Crippen molar-refractivity contribution in [2.75, 3.05) is 6.61 Å². The number of esters is 1. The van der Waals surface area contributed by atoms with Gasteiger partial charge in [-0.1, -0.05) is 60.7 Å². The number of nitrogens with two attached hydrogens (primary N) is 1. The molecule has 0 saturated carbocycles. The average molecular weight is 361 g/mol. The van der Waals surface area contributed by atoms with E-state index in [1.807, 2.05) is 60.7 Å². The van der Waals surface area contributed by atoms with Crippen LogP contribution in [0, 0.1) is 0 Å². The van der Waals surface area contributed by atoms with Crippen LogP contribution in [0.4, 0.5) is 0 Å². The van der Waals surface area contributed by atoms with Crippen LogP contribution in [0.1, 0.15) is 15.9 Å². The average Bonchev–Trinajstić information content (AvgIpc) is 2.72. The van der Waals surface area contributed by atoms with Gasteiger partial charge in [0.15, 0.2) is 6.61 Å². The summed E-state index contributed by atoms with van der Waals surface area (Å²) in [6, 6.07) is 23.7. The Kier molecular flexibility index (Phi) is 5.84. The Morgan fingerprint density at radius 3 is 2.19 bits per heavy atom. The van der Waals surface area contributed by atoms with Gasteiger partial charge in [-0.05, 0) is 34.9 Å². The molecule has 0 aromatic heterocycles. The van der Waals surface area contributed by atoms with Crippen molar-refractivity contribution < 1.29 is 19.1 Å². The topological polar surface area (TPSA) is 78.6 Å². The van der Waals surface area contributed by atoms with Crippen molar-refractivity contribution in [2.24, 2.45) is 5.73 Å². The van der Waals surface area contributed by atoms with Crippen molar-refractivity contribution >= 4 is 11.9 Å². The van der Waals surface area contributed by atoms with Gasteiger partial charge in [0.1, 0.15) is 12.4 Å². The van der Waals surface area contributed by atoms with Crippen LogP contribution < -0.4 is 10.5 Å². The Labute approximate surface area is 157 Å². The number of rotatable bonds is 7. The van der Waals surface area contributed by atoms with Gasteiger partial charge in [0.05, 0.1) is 0 Å². The zero-order chi connectivity index (χ0) is 19.1. The molecule has 0 aliphatic carbocycles. The van der Waals surface area contributed by atoms with Gasteiger partial charge in [0, 0.05) is 5.56 Å². The summed E-state index contributed by atoms with van der Waals surface area (Å²) in [5.41, 5.74) is 8.25. The third kappa shape index (κ3) is 4.95. The van der Waals surface area contributed by atoms with E-state index in [2.05, 4.69) is 0 Å². The Bertz CT molecular complexity index is 924. The molecular weight excluding hydrogens is 342 g/mol. The van der Waals surface area contributed by atoms with Crippen LogP contribution in [0.25, 0.3) is 11.1 Å². The Hall–Kier alpha value is -3.60. The maximum atomic E-state index is 11.9. The predicted octanol–water partition coefficient (Wildman–Crippen LogP) is 3.57. The highest BCUT2D eigenvalue weighted by atomic mass is 16.6. The highest BCUT2D eigenvalue weighted by molar-refractivity contribution is 6.00. The lowest BCUT2D eigenvalue weighted by molar-refractivity contribution is -0.147. The summed E-state index contributed by atoms with van der Waals surface area (Å²) in [4.78, 5) is 23.6. The van der Waals surface area contributed by atoms with Crippen LogP contribution in [0.2, 0.25) is 0 Å². The minimum atomic E-state index is -0.525. The van der Waals surface area contributed by atoms with Gasteiger partial charge >= 0.3 is 5.97 Å². The van der Waals surface area contributed by atoms with E-state index in [-0.39, 0.29) is 13.2 Å². The quantitative estimate of drug-likeness (QED) is 0.653. The molecule has 2 N–H and O–H groups in total. The molecule has 3 aromatic carbocycles. The fourth-order valence-corrected chi connectivity index (χ4v) is 2.61. The molecular formula is C22H19NO4. The molecule has 136 valence electrons. The fourth-order valence-electron chi connectivity index (χ4n) is 2.61. The summed E-state index contributed by atoms with van der Waals surface area (Å²) in [6.45, 7) is -0.0319. The van der Waals surface area contributed by atoms with Crippen LogP contribution in [-0.4, -0.2) is 18.5 Å². The van der Waals surface area contributed by atoms with Gasteiger partial charge in [0.2, 0.25) is 5.91 Å². The van der Waals surface area contributed by atoms with E-state index in [1.165, 1.54) is 0 Å². The third-order valence-electron chi connectivity index (χ3n) is 3.94. The highest BCUT2D eigenvalue weighted by Crippen LogP contribution is 2.28. The van der Waals surface area contributed by atoms with Crippen LogP contribution in [0.5, 0.6) is 5.75 Å². The maximum Gasteiger partial charge on any atom is 0.344 e. The molecule has 0 bridgehead atoms. The molecule has 0 aliphatic rings. The van der Waals surface area contributed by atoms with Crippen molar-refractivity contribution in [1.29, 1.82) is 0 Å². The first-order valence-corrected chi connectivity index (χ1v) is 8.45. The van der Waals surface area contributed by atoms with Crippen LogP contribution >= 0.6 is 0 Å². The lowest BCUT2D eigenvalue weighted by atomic mass is 9.99. The van der Waals surface area contributed by atoms with Gasteiger partial charge in [-0.2, -0.15) is 0 Å². The molecule has 0 heterocycles. The number of hydrogen-bond donors (Lipinski definition) is 1. The zero-order valence-electron chi connectivity index (χ0n) is 14.6. The van der Waals surface area contributed by atoms with Crippen molar-refractivity contribution in [3.8, 4) is 16.9 Å².